The Labute approximate surface area is 151 Å². The van der Waals surface area contributed by atoms with Crippen molar-refractivity contribution in [1.82, 2.24) is 19.9 Å². The number of aryl methyl sites for hydroxylation is 2. The fourth-order valence-electron chi connectivity index (χ4n) is 3.83. The third-order valence-corrected chi connectivity index (χ3v) is 5.12. The molecule has 0 saturated heterocycles. The van der Waals surface area contributed by atoms with Gasteiger partial charge in [-0.25, -0.2) is 9.50 Å². The highest BCUT2D eigenvalue weighted by Crippen LogP contribution is 2.26. The third-order valence-electron chi connectivity index (χ3n) is 5.12. The predicted molar refractivity (Wildman–Crippen MR) is 100 cm³/mol. The van der Waals surface area contributed by atoms with Gasteiger partial charge in [-0.15, -0.1) is 0 Å². The second-order valence-corrected chi connectivity index (χ2v) is 6.97. The van der Waals surface area contributed by atoms with E-state index in [4.69, 9.17) is 0 Å². The SMILES string of the molecule is Cc1nc2c(-c3ccccc3)c(C)[nH]n2c(=O)c1C(=O)NC1CCCC1. The average Bonchev–Trinajstić information content (AvgIpc) is 3.23. The Balaban J connectivity index is 1.83. The van der Waals surface area contributed by atoms with Crippen LogP contribution in [0.4, 0.5) is 0 Å². The van der Waals surface area contributed by atoms with Crippen LogP contribution in [0.1, 0.15) is 47.4 Å². The van der Waals surface area contributed by atoms with Gasteiger partial charge in [0.05, 0.1) is 5.69 Å². The molecule has 3 aromatic rings. The van der Waals surface area contributed by atoms with Crippen LogP contribution in [0.3, 0.4) is 0 Å². The quantitative estimate of drug-likeness (QED) is 0.762. The van der Waals surface area contributed by atoms with Gasteiger partial charge in [0, 0.05) is 17.3 Å². The molecule has 4 rings (SSSR count). The summed E-state index contributed by atoms with van der Waals surface area (Å²) in [4.78, 5) is 30.3. The monoisotopic (exact) mass is 350 g/mol. The van der Waals surface area contributed by atoms with E-state index in [1.54, 1.807) is 6.92 Å². The maximum atomic E-state index is 13.0. The van der Waals surface area contributed by atoms with Crippen LogP contribution in [-0.4, -0.2) is 26.5 Å². The summed E-state index contributed by atoms with van der Waals surface area (Å²) in [5.74, 6) is -0.324. The summed E-state index contributed by atoms with van der Waals surface area (Å²) in [6.45, 7) is 3.63. The Morgan fingerprint density at radius 1 is 1.19 bits per heavy atom. The van der Waals surface area contributed by atoms with Crippen LogP contribution < -0.4 is 10.9 Å². The lowest BCUT2D eigenvalue weighted by molar-refractivity contribution is 0.0935. The smallest absolute Gasteiger partial charge is 0.285 e. The summed E-state index contributed by atoms with van der Waals surface area (Å²) in [6, 6.07) is 9.98. The summed E-state index contributed by atoms with van der Waals surface area (Å²) >= 11 is 0. The molecule has 134 valence electrons. The molecule has 0 atom stereocenters. The third kappa shape index (κ3) is 2.71. The Hall–Kier alpha value is -2.89. The topological polar surface area (TPSA) is 79.3 Å². The molecule has 1 fully saturated rings. The number of carbonyl (C=O) groups is 1. The molecule has 1 amide bonds. The first-order valence-corrected chi connectivity index (χ1v) is 9.04. The van der Waals surface area contributed by atoms with Gasteiger partial charge < -0.3 is 5.32 Å². The summed E-state index contributed by atoms with van der Waals surface area (Å²) in [5, 5.41) is 6.06. The molecule has 1 aliphatic rings. The number of aromatic amines is 1. The molecule has 0 spiro atoms. The Morgan fingerprint density at radius 3 is 2.58 bits per heavy atom. The van der Waals surface area contributed by atoms with Crippen molar-refractivity contribution >= 4 is 11.6 Å². The molecule has 1 aliphatic carbocycles. The van der Waals surface area contributed by atoms with Gasteiger partial charge in [-0.05, 0) is 32.3 Å². The second-order valence-electron chi connectivity index (χ2n) is 6.97. The largest absolute Gasteiger partial charge is 0.349 e. The molecule has 1 saturated carbocycles. The van der Waals surface area contributed by atoms with E-state index in [1.807, 2.05) is 37.3 Å². The lowest BCUT2D eigenvalue weighted by Gasteiger charge is -2.12. The minimum Gasteiger partial charge on any atom is -0.349 e. The number of carbonyl (C=O) groups excluding carboxylic acids is 1. The van der Waals surface area contributed by atoms with Crippen molar-refractivity contribution in [2.45, 2.75) is 45.6 Å². The fourth-order valence-corrected chi connectivity index (χ4v) is 3.83. The minimum absolute atomic E-state index is 0.121. The van der Waals surface area contributed by atoms with E-state index >= 15 is 0 Å². The molecule has 0 unspecified atom stereocenters. The summed E-state index contributed by atoms with van der Waals surface area (Å²) < 4.78 is 1.38. The molecule has 0 bridgehead atoms. The first kappa shape index (κ1) is 16.6. The number of hydrogen-bond donors (Lipinski definition) is 2. The van der Waals surface area contributed by atoms with Gasteiger partial charge in [-0.1, -0.05) is 43.2 Å². The van der Waals surface area contributed by atoms with E-state index in [1.165, 1.54) is 4.52 Å². The molecule has 26 heavy (non-hydrogen) atoms. The number of benzene rings is 1. The van der Waals surface area contributed by atoms with Crippen molar-refractivity contribution in [3.05, 3.63) is 57.6 Å². The van der Waals surface area contributed by atoms with Crippen molar-refractivity contribution in [3.63, 3.8) is 0 Å². The number of rotatable bonds is 3. The molecule has 6 heteroatoms. The number of fused-ring (bicyclic) bond motifs is 1. The maximum Gasteiger partial charge on any atom is 0.285 e. The molecule has 2 heterocycles. The van der Waals surface area contributed by atoms with Crippen LogP contribution in [0.25, 0.3) is 16.8 Å². The molecule has 1 aromatic carbocycles. The molecular weight excluding hydrogens is 328 g/mol. The molecule has 2 aromatic heterocycles. The lowest BCUT2D eigenvalue weighted by atomic mass is 10.1. The van der Waals surface area contributed by atoms with Crippen LogP contribution in [0.15, 0.2) is 35.1 Å². The van der Waals surface area contributed by atoms with Gasteiger partial charge in [0.2, 0.25) is 0 Å². The Kier molecular flexibility index (Phi) is 4.11. The minimum atomic E-state index is -0.353. The van der Waals surface area contributed by atoms with Crippen molar-refractivity contribution < 1.29 is 4.79 Å². The molecular formula is C20H22N4O2. The van der Waals surface area contributed by atoms with Crippen molar-refractivity contribution in [1.29, 1.82) is 0 Å². The zero-order valence-electron chi connectivity index (χ0n) is 15.0. The van der Waals surface area contributed by atoms with Gasteiger partial charge in [0.15, 0.2) is 5.65 Å². The number of amides is 1. The fraction of sp³-hybridized carbons (Fsp3) is 0.350. The van der Waals surface area contributed by atoms with Crippen LogP contribution >= 0.6 is 0 Å². The van der Waals surface area contributed by atoms with Gasteiger partial charge in [0.1, 0.15) is 5.56 Å². The van der Waals surface area contributed by atoms with E-state index in [-0.39, 0.29) is 23.1 Å². The lowest BCUT2D eigenvalue weighted by Crippen LogP contribution is -2.38. The number of hydrogen-bond acceptors (Lipinski definition) is 3. The van der Waals surface area contributed by atoms with E-state index in [9.17, 15) is 9.59 Å². The summed E-state index contributed by atoms with van der Waals surface area (Å²) in [6.07, 6.45) is 4.19. The van der Waals surface area contributed by atoms with Crippen LogP contribution in [0.5, 0.6) is 0 Å². The average molecular weight is 350 g/mol. The van der Waals surface area contributed by atoms with E-state index in [0.29, 0.717) is 11.3 Å². The second kappa shape index (κ2) is 6.44. The Bertz CT molecular complexity index is 1030. The highest BCUT2D eigenvalue weighted by molar-refractivity contribution is 5.95. The number of nitrogens with one attached hydrogen (secondary N) is 2. The van der Waals surface area contributed by atoms with E-state index in [2.05, 4.69) is 15.4 Å². The number of nitrogens with zero attached hydrogens (tertiary/aromatic N) is 2. The standard InChI is InChI=1S/C20H22N4O2/c1-12-17(19(25)22-15-10-6-7-11-15)20(26)24-18(21-12)16(13(2)23-24)14-8-4-3-5-9-14/h3-5,8-9,15,23H,6-7,10-11H2,1-2H3,(H,22,25). The highest BCUT2D eigenvalue weighted by atomic mass is 16.2. The first-order valence-electron chi connectivity index (χ1n) is 9.04. The molecule has 6 nitrogen and oxygen atoms in total. The van der Waals surface area contributed by atoms with Crippen LogP contribution in [-0.2, 0) is 0 Å². The normalized spacial score (nSPS) is 14.8. The highest BCUT2D eigenvalue weighted by Gasteiger charge is 2.24. The van der Waals surface area contributed by atoms with Crippen molar-refractivity contribution in [3.8, 4) is 11.1 Å². The van der Waals surface area contributed by atoms with E-state index < -0.39 is 0 Å². The summed E-state index contributed by atoms with van der Waals surface area (Å²) in [7, 11) is 0. The number of H-pyrrole nitrogens is 1. The van der Waals surface area contributed by atoms with Crippen molar-refractivity contribution in [2.24, 2.45) is 0 Å². The van der Waals surface area contributed by atoms with Gasteiger partial charge in [-0.3, -0.25) is 14.7 Å². The van der Waals surface area contributed by atoms with Gasteiger partial charge in [0.25, 0.3) is 11.5 Å². The van der Waals surface area contributed by atoms with E-state index in [0.717, 1.165) is 42.5 Å². The molecule has 0 aliphatic heterocycles. The predicted octanol–water partition coefficient (Wildman–Crippen LogP) is 2.98. The summed E-state index contributed by atoms with van der Waals surface area (Å²) in [5.41, 5.74) is 3.49. The molecule has 0 radical (unpaired) electrons. The zero-order valence-corrected chi connectivity index (χ0v) is 15.0. The maximum absolute atomic E-state index is 13.0. The zero-order chi connectivity index (χ0) is 18.3. The first-order chi connectivity index (χ1) is 12.6. The Morgan fingerprint density at radius 2 is 1.88 bits per heavy atom. The van der Waals surface area contributed by atoms with Crippen LogP contribution in [0.2, 0.25) is 0 Å². The van der Waals surface area contributed by atoms with Crippen LogP contribution in [0, 0.1) is 13.8 Å². The van der Waals surface area contributed by atoms with Gasteiger partial charge >= 0.3 is 0 Å². The number of aromatic nitrogens is 3. The molecule has 2 N–H and O–H groups in total. The van der Waals surface area contributed by atoms with Crippen molar-refractivity contribution in [2.75, 3.05) is 0 Å². The van der Waals surface area contributed by atoms with Gasteiger partial charge in [-0.2, -0.15) is 0 Å².